The van der Waals surface area contributed by atoms with Crippen LogP contribution in [0, 0.1) is 0 Å². The first-order valence-corrected chi connectivity index (χ1v) is 10.6. The number of H-pyrrole nitrogens is 1. The number of nitrogens with one attached hydrogen (secondary N) is 2. The summed E-state index contributed by atoms with van der Waals surface area (Å²) in [5, 5.41) is 2.91. The molecule has 0 saturated carbocycles. The minimum atomic E-state index is -0.435. The number of imidazole rings is 1. The molecule has 3 rings (SSSR count). The van der Waals surface area contributed by atoms with Crippen LogP contribution in [0.3, 0.4) is 0 Å². The molecule has 0 radical (unpaired) electrons. The number of carbonyl (C=O) groups excluding carboxylic acids is 1. The highest BCUT2D eigenvalue weighted by Crippen LogP contribution is 2.11. The Morgan fingerprint density at radius 3 is 2.50 bits per heavy atom. The summed E-state index contributed by atoms with van der Waals surface area (Å²) in [6, 6.07) is 9.23. The molecule has 160 valence electrons. The van der Waals surface area contributed by atoms with Crippen molar-refractivity contribution in [3.8, 4) is 0 Å². The quantitative estimate of drug-likeness (QED) is 0.378. The van der Waals surface area contributed by atoms with Gasteiger partial charge in [-0.25, -0.2) is 4.79 Å². The van der Waals surface area contributed by atoms with Crippen LogP contribution in [0.15, 0.2) is 39.9 Å². The number of aromatic nitrogens is 4. The van der Waals surface area contributed by atoms with Gasteiger partial charge in [0.05, 0.1) is 0 Å². The van der Waals surface area contributed by atoms with E-state index in [1.54, 1.807) is 0 Å². The molecule has 2 aromatic heterocycles. The highest BCUT2D eigenvalue weighted by molar-refractivity contribution is 6.28. The van der Waals surface area contributed by atoms with Crippen molar-refractivity contribution in [3.63, 3.8) is 0 Å². The summed E-state index contributed by atoms with van der Waals surface area (Å²) in [6.07, 6.45) is 4.20. The maximum atomic E-state index is 12.9. The molecule has 0 aliphatic carbocycles. The second-order valence-electron chi connectivity index (χ2n) is 7.20. The van der Waals surface area contributed by atoms with Gasteiger partial charge < -0.3 is 10.3 Å². The molecule has 0 aliphatic rings. The lowest BCUT2D eigenvalue weighted by atomic mass is 10.2. The van der Waals surface area contributed by atoms with Crippen LogP contribution in [0.2, 0.25) is 5.28 Å². The lowest BCUT2D eigenvalue weighted by molar-refractivity contribution is -0.116. The van der Waals surface area contributed by atoms with Crippen molar-refractivity contribution in [1.82, 2.24) is 19.1 Å². The van der Waals surface area contributed by atoms with Gasteiger partial charge in [0, 0.05) is 25.2 Å². The van der Waals surface area contributed by atoms with Gasteiger partial charge in [-0.3, -0.25) is 18.7 Å². The fraction of sp³-hybridized carbons (Fsp3) is 0.429. The third kappa shape index (κ3) is 5.18. The number of aryl methyl sites for hydroxylation is 1. The molecule has 0 bridgehead atoms. The first kappa shape index (κ1) is 21.8. The zero-order valence-electron chi connectivity index (χ0n) is 17.0. The summed E-state index contributed by atoms with van der Waals surface area (Å²) in [5.41, 5.74) is 0.452. The van der Waals surface area contributed by atoms with Gasteiger partial charge in [0.2, 0.25) is 11.2 Å². The van der Waals surface area contributed by atoms with Gasteiger partial charge in [0.25, 0.3) is 5.56 Å². The second kappa shape index (κ2) is 10.2. The van der Waals surface area contributed by atoms with E-state index in [-0.39, 0.29) is 28.9 Å². The van der Waals surface area contributed by atoms with Crippen LogP contribution in [0.4, 0.5) is 5.69 Å². The molecule has 2 N–H and O–H groups in total. The number of unbranched alkanes of at least 4 members (excludes halogenated alkanes) is 3. The van der Waals surface area contributed by atoms with Crippen LogP contribution in [0.1, 0.15) is 45.4 Å². The van der Waals surface area contributed by atoms with Crippen LogP contribution in [-0.4, -0.2) is 25.0 Å². The maximum absolute atomic E-state index is 12.9. The van der Waals surface area contributed by atoms with Crippen LogP contribution >= 0.6 is 11.6 Å². The van der Waals surface area contributed by atoms with Crippen molar-refractivity contribution in [2.45, 2.75) is 58.5 Å². The van der Waals surface area contributed by atoms with Crippen molar-refractivity contribution >= 4 is 34.4 Å². The molecule has 8 nitrogen and oxygen atoms in total. The van der Waals surface area contributed by atoms with E-state index in [0.29, 0.717) is 31.5 Å². The summed E-state index contributed by atoms with van der Waals surface area (Å²) in [6.45, 7) is 2.79. The average molecular weight is 432 g/mol. The molecule has 0 fully saturated rings. The van der Waals surface area contributed by atoms with E-state index < -0.39 is 5.56 Å². The molecule has 0 atom stereocenters. The summed E-state index contributed by atoms with van der Waals surface area (Å²) >= 11 is 5.95. The van der Waals surface area contributed by atoms with Crippen molar-refractivity contribution in [3.05, 3.63) is 56.5 Å². The SMILES string of the molecule is CCCCCn1c(=O)n(CCCCC(=O)Nc2ccccc2)c(=O)c2[nH]c(Cl)nc21. The molecule has 30 heavy (non-hydrogen) atoms. The van der Waals surface area contributed by atoms with Crippen molar-refractivity contribution in [2.24, 2.45) is 0 Å². The monoisotopic (exact) mass is 431 g/mol. The molecule has 0 saturated heterocycles. The predicted octanol–water partition coefficient (Wildman–Crippen LogP) is 3.54. The lowest BCUT2D eigenvalue weighted by Gasteiger charge is -2.11. The first-order valence-electron chi connectivity index (χ1n) is 10.2. The molecular formula is C21H26ClN5O3. The topological polar surface area (TPSA) is 102 Å². The van der Waals surface area contributed by atoms with Gasteiger partial charge in [0.15, 0.2) is 11.2 Å². The highest BCUT2D eigenvalue weighted by atomic mass is 35.5. The number of hydrogen-bond acceptors (Lipinski definition) is 4. The Morgan fingerprint density at radius 1 is 1.07 bits per heavy atom. The van der Waals surface area contributed by atoms with E-state index in [1.807, 2.05) is 30.3 Å². The number of para-hydroxylation sites is 1. The second-order valence-corrected chi connectivity index (χ2v) is 7.55. The summed E-state index contributed by atoms with van der Waals surface area (Å²) in [7, 11) is 0. The van der Waals surface area contributed by atoms with Crippen LogP contribution in [0.5, 0.6) is 0 Å². The Kier molecular flexibility index (Phi) is 7.46. The van der Waals surface area contributed by atoms with E-state index in [9.17, 15) is 14.4 Å². The Morgan fingerprint density at radius 2 is 1.77 bits per heavy atom. The van der Waals surface area contributed by atoms with E-state index >= 15 is 0 Å². The van der Waals surface area contributed by atoms with Crippen molar-refractivity contribution in [1.29, 1.82) is 0 Å². The first-order chi connectivity index (χ1) is 14.5. The van der Waals surface area contributed by atoms with Crippen LogP contribution in [-0.2, 0) is 17.9 Å². The van der Waals surface area contributed by atoms with Gasteiger partial charge in [0.1, 0.15) is 0 Å². The number of hydrogen-bond donors (Lipinski definition) is 2. The Labute approximate surface area is 178 Å². The minimum absolute atomic E-state index is 0.0843. The van der Waals surface area contributed by atoms with Gasteiger partial charge >= 0.3 is 5.69 Å². The Bertz CT molecular complexity index is 1120. The number of halogens is 1. The molecule has 2 heterocycles. The fourth-order valence-electron chi connectivity index (χ4n) is 3.36. The number of amides is 1. The van der Waals surface area contributed by atoms with E-state index in [1.165, 1.54) is 9.13 Å². The molecule has 0 spiro atoms. The van der Waals surface area contributed by atoms with Gasteiger partial charge in [-0.1, -0.05) is 38.0 Å². The zero-order valence-corrected chi connectivity index (χ0v) is 17.7. The van der Waals surface area contributed by atoms with Crippen LogP contribution < -0.4 is 16.6 Å². The van der Waals surface area contributed by atoms with Gasteiger partial charge in [-0.2, -0.15) is 4.98 Å². The largest absolute Gasteiger partial charge is 0.332 e. The normalized spacial score (nSPS) is 11.1. The number of fused-ring (bicyclic) bond motifs is 1. The number of nitrogens with zero attached hydrogens (tertiary/aromatic N) is 3. The smallest absolute Gasteiger partial charge is 0.326 e. The minimum Gasteiger partial charge on any atom is -0.326 e. The summed E-state index contributed by atoms with van der Waals surface area (Å²) in [5.74, 6) is -0.0960. The molecule has 3 aromatic rings. The maximum Gasteiger partial charge on any atom is 0.332 e. The van der Waals surface area contributed by atoms with Crippen molar-refractivity contribution < 1.29 is 4.79 Å². The molecule has 1 amide bonds. The standard InChI is InChI=1S/C21H26ClN5O3/c1-2-3-8-13-26-18-17(24-20(22)25-18)19(29)27(21(26)30)14-9-7-12-16(28)23-15-10-5-4-6-11-15/h4-6,10-11H,2-3,7-9,12-14H2,1H3,(H,23,28)(H,24,25). The molecule has 0 aliphatic heterocycles. The number of rotatable bonds is 10. The number of anilines is 1. The van der Waals surface area contributed by atoms with Crippen LogP contribution in [0.25, 0.3) is 11.2 Å². The number of benzene rings is 1. The molecule has 0 unspecified atom stereocenters. The van der Waals surface area contributed by atoms with Gasteiger partial charge in [-0.05, 0) is 43.0 Å². The lowest BCUT2D eigenvalue weighted by Crippen LogP contribution is -2.40. The van der Waals surface area contributed by atoms with E-state index in [2.05, 4.69) is 22.2 Å². The third-order valence-electron chi connectivity index (χ3n) is 4.91. The molecular weight excluding hydrogens is 406 g/mol. The van der Waals surface area contributed by atoms with E-state index in [4.69, 9.17) is 11.6 Å². The Hall–Kier alpha value is -2.87. The number of aromatic amines is 1. The highest BCUT2D eigenvalue weighted by Gasteiger charge is 2.16. The summed E-state index contributed by atoms with van der Waals surface area (Å²) in [4.78, 5) is 44.6. The molecule has 1 aromatic carbocycles. The third-order valence-corrected chi connectivity index (χ3v) is 5.09. The zero-order chi connectivity index (χ0) is 21.5. The number of carbonyl (C=O) groups is 1. The predicted molar refractivity (Wildman–Crippen MR) is 118 cm³/mol. The fourth-order valence-corrected chi connectivity index (χ4v) is 3.53. The van der Waals surface area contributed by atoms with E-state index in [0.717, 1.165) is 24.9 Å². The molecule has 9 heteroatoms. The summed E-state index contributed by atoms with van der Waals surface area (Å²) < 4.78 is 2.72. The Balaban J connectivity index is 1.68. The van der Waals surface area contributed by atoms with Crippen molar-refractivity contribution in [2.75, 3.05) is 5.32 Å². The average Bonchev–Trinajstić information content (AvgIpc) is 3.12. The van der Waals surface area contributed by atoms with Gasteiger partial charge in [-0.15, -0.1) is 0 Å².